The fourth-order valence-electron chi connectivity index (χ4n) is 8.64. The average molecular weight is 703 g/mol. The van der Waals surface area contributed by atoms with E-state index in [9.17, 15) is 0 Å². The largest absolute Gasteiger partial charge is 0.365 e. The van der Waals surface area contributed by atoms with Crippen molar-refractivity contribution >= 4 is 38.4 Å². The molecule has 4 atom stereocenters. The van der Waals surface area contributed by atoms with Crippen LogP contribution in [-0.2, 0) is 0 Å². The lowest BCUT2D eigenvalue weighted by molar-refractivity contribution is 0.195. The van der Waals surface area contributed by atoms with Gasteiger partial charge < -0.3 is 11.1 Å². The monoisotopic (exact) mass is 702 g/mol. The molecule has 1 heterocycles. The van der Waals surface area contributed by atoms with Crippen LogP contribution in [0.2, 0.25) is 0 Å². The molecule has 0 radical (unpaired) electrons. The van der Waals surface area contributed by atoms with Crippen molar-refractivity contribution in [2.45, 2.75) is 44.2 Å². The summed E-state index contributed by atoms with van der Waals surface area (Å²) in [6.07, 6.45) is 26.1. The van der Waals surface area contributed by atoms with Crippen molar-refractivity contribution in [2.75, 3.05) is 7.05 Å². The van der Waals surface area contributed by atoms with Gasteiger partial charge in [0.2, 0.25) is 0 Å². The summed E-state index contributed by atoms with van der Waals surface area (Å²) in [6, 6.07) is 37.7. The first-order valence-electron chi connectivity index (χ1n) is 19.2. The van der Waals surface area contributed by atoms with Crippen molar-refractivity contribution in [3.8, 4) is 0 Å². The van der Waals surface area contributed by atoms with Gasteiger partial charge in [-0.25, -0.2) is 0 Å². The third-order valence-corrected chi connectivity index (χ3v) is 11.6. The lowest BCUT2D eigenvalue weighted by atomic mass is 9.89. The third-order valence-electron chi connectivity index (χ3n) is 11.6. The van der Waals surface area contributed by atoms with Crippen LogP contribution >= 0.6 is 0 Å². The lowest BCUT2D eigenvalue weighted by Crippen LogP contribution is -2.47. The molecule has 0 aromatic heterocycles. The number of hydrogen-bond acceptors (Lipinski definition) is 4. The second-order valence-corrected chi connectivity index (χ2v) is 14.8. The molecule has 4 nitrogen and oxygen atoms in total. The summed E-state index contributed by atoms with van der Waals surface area (Å²) in [7, 11) is 2.22. The van der Waals surface area contributed by atoms with Gasteiger partial charge in [0.1, 0.15) is 6.17 Å². The quantitative estimate of drug-likeness (QED) is 0.117. The van der Waals surface area contributed by atoms with Crippen LogP contribution in [0.5, 0.6) is 0 Å². The van der Waals surface area contributed by atoms with Crippen molar-refractivity contribution in [3.63, 3.8) is 0 Å². The van der Waals surface area contributed by atoms with E-state index in [1.807, 2.05) is 0 Å². The number of nitrogens with two attached hydrogens (primary N) is 1. The second-order valence-electron chi connectivity index (χ2n) is 14.8. The van der Waals surface area contributed by atoms with Crippen LogP contribution in [0, 0.1) is 0 Å². The highest BCUT2D eigenvalue weighted by atomic mass is 15.3. The molecule has 5 aromatic carbocycles. The Morgan fingerprint density at radius 1 is 0.778 bits per heavy atom. The maximum Gasteiger partial charge on any atom is 0.106 e. The van der Waals surface area contributed by atoms with Gasteiger partial charge in [-0.15, -0.1) is 0 Å². The predicted molar refractivity (Wildman–Crippen MR) is 228 cm³/mol. The van der Waals surface area contributed by atoms with Crippen molar-refractivity contribution in [2.24, 2.45) is 5.73 Å². The molecule has 4 N–H and O–H groups in total. The molecule has 0 bridgehead atoms. The lowest BCUT2D eigenvalue weighted by Gasteiger charge is -2.42. The molecule has 0 amide bonds. The topological polar surface area (TPSA) is 53.3 Å². The van der Waals surface area contributed by atoms with Gasteiger partial charge in [-0.05, 0) is 111 Å². The molecule has 4 unspecified atom stereocenters. The summed E-state index contributed by atoms with van der Waals surface area (Å²) in [4.78, 5) is 2.44. The van der Waals surface area contributed by atoms with Gasteiger partial charge in [0, 0.05) is 5.70 Å². The maximum absolute atomic E-state index is 7.03. The first-order chi connectivity index (χ1) is 26.5. The molecular formula is C50H46N4. The minimum atomic E-state index is -0.356. The maximum atomic E-state index is 7.03. The number of likely N-dealkylation sites (N-methyl/N-ethyl adjacent to an activating group) is 1. The number of hydrogen-bond donors (Lipinski definition) is 3. The van der Waals surface area contributed by atoms with Gasteiger partial charge in [0.25, 0.3) is 0 Å². The van der Waals surface area contributed by atoms with E-state index in [0.29, 0.717) is 0 Å². The standard InChI is InChI=1S/C50H46N4/c1-33(40-20-10-12-25-46(40)52-49(51)45-32-38-17-6-7-21-41(38)42-22-8-9-23-43(42)45)34-27-29-36(30-28-34)48-44-24-11-13-26-47(44)54(2)50(53-48)39-19-14-18-37(31-39)35-15-4-3-5-16-35/h3-4,6-15,17-32,46-47,49-50,52-53H,5,16,51H2,1-2H3/b40-33+. The highest BCUT2D eigenvalue weighted by Crippen LogP contribution is 2.38. The van der Waals surface area contributed by atoms with Crippen molar-refractivity contribution in [1.82, 2.24) is 15.5 Å². The fraction of sp³-hybridized carbons (Fsp3) is 0.160. The molecule has 9 rings (SSSR count). The summed E-state index contributed by atoms with van der Waals surface area (Å²) in [5, 5.41) is 12.6. The molecule has 0 saturated carbocycles. The SMILES string of the molecule is C/C(=C1/C=CC=CC1NC(N)c1cc2ccccc2c2ccccc12)c1ccc(C2=C3C=CC=CC3N(C)C(c3cccc(C4=CC=CCC4)c3)N2)cc1. The van der Waals surface area contributed by atoms with Crippen LogP contribution in [0.15, 0.2) is 181 Å². The number of nitrogens with one attached hydrogen (secondary N) is 2. The van der Waals surface area contributed by atoms with Crippen LogP contribution in [0.4, 0.5) is 0 Å². The number of benzene rings is 5. The zero-order valence-electron chi connectivity index (χ0n) is 30.9. The van der Waals surface area contributed by atoms with E-state index in [1.165, 1.54) is 71.8 Å². The van der Waals surface area contributed by atoms with Crippen LogP contribution in [0.3, 0.4) is 0 Å². The minimum Gasteiger partial charge on any atom is -0.365 e. The summed E-state index contributed by atoms with van der Waals surface area (Å²) < 4.78 is 0. The smallest absolute Gasteiger partial charge is 0.106 e. The van der Waals surface area contributed by atoms with Crippen LogP contribution in [-0.4, -0.2) is 24.0 Å². The van der Waals surface area contributed by atoms with Gasteiger partial charge in [-0.3, -0.25) is 10.2 Å². The number of allylic oxidation sites excluding steroid dienone is 9. The van der Waals surface area contributed by atoms with E-state index in [2.05, 4.69) is 199 Å². The van der Waals surface area contributed by atoms with E-state index < -0.39 is 0 Å². The molecule has 1 aliphatic heterocycles. The van der Waals surface area contributed by atoms with Crippen LogP contribution in [0.1, 0.15) is 59.9 Å². The Labute approximate surface area is 318 Å². The van der Waals surface area contributed by atoms with E-state index in [-0.39, 0.29) is 24.4 Å². The van der Waals surface area contributed by atoms with Crippen molar-refractivity contribution in [1.29, 1.82) is 0 Å². The summed E-state index contributed by atoms with van der Waals surface area (Å²) in [5.41, 5.74) is 19.4. The molecule has 54 heavy (non-hydrogen) atoms. The summed E-state index contributed by atoms with van der Waals surface area (Å²) in [5.74, 6) is 0. The zero-order valence-corrected chi connectivity index (χ0v) is 30.9. The Morgan fingerprint density at radius 3 is 2.39 bits per heavy atom. The Bertz CT molecular complexity index is 2500. The van der Waals surface area contributed by atoms with Crippen LogP contribution in [0.25, 0.3) is 38.4 Å². The van der Waals surface area contributed by atoms with Crippen molar-refractivity contribution < 1.29 is 0 Å². The molecule has 266 valence electrons. The third kappa shape index (κ3) is 6.33. The van der Waals surface area contributed by atoms with Gasteiger partial charge >= 0.3 is 0 Å². The molecule has 0 spiro atoms. The first kappa shape index (κ1) is 34.0. The van der Waals surface area contributed by atoms with Crippen LogP contribution < -0.4 is 16.4 Å². The van der Waals surface area contributed by atoms with E-state index in [0.717, 1.165) is 18.4 Å². The Kier molecular flexibility index (Phi) is 9.18. The Balaban J connectivity index is 1.01. The average Bonchev–Trinajstić information content (AvgIpc) is 3.24. The molecule has 3 aliphatic carbocycles. The highest BCUT2D eigenvalue weighted by Gasteiger charge is 2.33. The minimum absolute atomic E-state index is 0.0306. The van der Waals surface area contributed by atoms with E-state index >= 15 is 0 Å². The van der Waals surface area contributed by atoms with Gasteiger partial charge in [0.05, 0.1) is 18.2 Å². The fourth-order valence-corrected chi connectivity index (χ4v) is 8.64. The molecule has 0 saturated heterocycles. The zero-order chi connectivity index (χ0) is 36.6. The number of nitrogens with zero attached hydrogens (tertiary/aromatic N) is 1. The molecule has 4 aliphatic rings. The summed E-state index contributed by atoms with van der Waals surface area (Å²) in [6.45, 7) is 2.22. The second kappa shape index (κ2) is 14.6. The van der Waals surface area contributed by atoms with Gasteiger partial charge in [0.15, 0.2) is 0 Å². The van der Waals surface area contributed by atoms with Gasteiger partial charge in [-0.2, -0.15) is 0 Å². The highest BCUT2D eigenvalue weighted by molar-refractivity contribution is 6.09. The first-order valence-corrected chi connectivity index (χ1v) is 19.2. The molecule has 4 heteroatoms. The molecular weight excluding hydrogens is 657 g/mol. The van der Waals surface area contributed by atoms with E-state index in [4.69, 9.17) is 5.73 Å². The summed E-state index contributed by atoms with van der Waals surface area (Å²) >= 11 is 0. The van der Waals surface area contributed by atoms with E-state index in [1.54, 1.807) is 0 Å². The Hall–Kier alpha value is -5.78. The molecule has 5 aromatic rings. The predicted octanol–water partition coefficient (Wildman–Crippen LogP) is 10.7. The Morgan fingerprint density at radius 2 is 1.56 bits per heavy atom. The normalized spacial score (nSPS) is 22.4. The van der Waals surface area contributed by atoms with Crippen molar-refractivity contribution in [3.05, 3.63) is 209 Å². The number of rotatable bonds is 7. The van der Waals surface area contributed by atoms with Gasteiger partial charge in [-0.1, -0.05) is 158 Å². The molecule has 0 fully saturated rings. The number of fused-ring (bicyclic) bond motifs is 4.